The molecule has 0 bridgehead atoms. The van der Waals surface area contributed by atoms with Crippen molar-refractivity contribution in [3.05, 3.63) is 101 Å². The van der Waals surface area contributed by atoms with E-state index >= 15 is 0 Å². The van der Waals surface area contributed by atoms with E-state index in [9.17, 15) is 9.36 Å². The van der Waals surface area contributed by atoms with Gasteiger partial charge in [-0.2, -0.15) is 0 Å². The molecule has 1 heterocycles. The number of aromatic nitrogens is 1. The average molecular weight is 417 g/mol. The number of nitrogens with one attached hydrogen (secondary N) is 1. The molecule has 4 rings (SSSR count). The zero-order valence-corrected chi connectivity index (χ0v) is 18.0. The maximum absolute atomic E-state index is 14.4. The molecule has 0 saturated carbocycles. The lowest BCUT2D eigenvalue weighted by atomic mass is 10.1. The molecule has 3 aromatic carbocycles. The van der Waals surface area contributed by atoms with Crippen molar-refractivity contribution in [3.63, 3.8) is 0 Å². The maximum Gasteiger partial charge on any atom is 0.354 e. The number of aryl methyl sites for hydroxylation is 1. The number of hydrogen-bond acceptors (Lipinski definition) is 3. The van der Waals surface area contributed by atoms with Crippen LogP contribution in [0.5, 0.6) is 0 Å². The standard InChI is InChI=1S/C25H24NO3P/c1-18-22-15-21(13-14-23(22)26-24(18)25(27)29-2)30(28,16-19-9-5-3-6-10-19)17-20-11-7-4-8-12-20/h3-15,26H,16-17H2,1-2H3. The summed E-state index contributed by atoms with van der Waals surface area (Å²) < 4.78 is 19.3. The second-order valence-corrected chi connectivity index (χ2v) is 10.5. The fourth-order valence-corrected chi connectivity index (χ4v) is 6.66. The molecule has 0 radical (unpaired) electrons. The third kappa shape index (κ3) is 3.96. The Hall–Kier alpha value is -3.10. The average Bonchev–Trinajstić information content (AvgIpc) is 3.10. The van der Waals surface area contributed by atoms with Gasteiger partial charge in [0.25, 0.3) is 0 Å². The van der Waals surface area contributed by atoms with E-state index in [4.69, 9.17) is 4.74 Å². The lowest BCUT2D eigenvalue weighted by molar-refractivity contribution is 0.0594. The summed E-state index contributed by atoms with van der Waals surface area (Å²) in [5, 5.41) is 1.72. The topological polar surface area (TPSA) is 59.2 Å². The van der Waals surface area contributed by atoms with E-state index in [1.54, 1.807) is 0 Å². The van der Waals surface area contributed by atoms with Crippen molar-refractivity contribution in [1.82, 2.24) is 4.98 Å². The molecular weight excluding hydrogens is 393 g/mol. The highest BCUT2D eigenvalue weighted by atomic mass is 31.2. The molecule has 4 nitrogen and oxygen atoms in total. The Morgan fingerprint density at radius 2 is 1.47 bits per heavy atom. The van der Waals surface area contributed by atoms with Crippen LogP contribution in [0.1, 0.15) is 27.2 Å². The van der Waals surface area contributed by atoms with Crippen molar-refractivity contribution < 1.29 is 14.1 Å². The maximum atomic E-state index is 14.4. The van der Waals surface area contributed by atoms with Gasteiger partial charge in [0.1, 0.15) is 12.8 Å². The van der Waals surface area contributed by atoms with Crippen LogP contribution in [0, 0.1) is 6.92 Å². The van der Waals surface area contributed by atoms with Crippen molar-refractivity contribution in [2.75, 3.05) is 7.11 Å². The van der Waals surface area contributed by atoms with Crippen LogP contribution in [0.25, 0.3) is 10.9 Å². The molecule has 4 aromatic rings. The molecule has 0 saturated heterocycles. The summed E-state index contributed by atoms with van der Waals surface area (Å²) >= 11 is 0. The number of methoxy groups -OCH3 is 1. The predicted molar refractivity (Wildman–Crippen MR) is 122 cm³/mol. The van der Waals surface area contributed by atoms with Crippen LogP contribution in [-0.4, -0.2) is 18.1 Å². The van der Waals surface area contributed by atoms with Crippen LogP contribution in [0.4, 0.5) is 0 Å². The Bertz CT molecular complexity index is 1180. The van der Waals surface area contributed by atoms with Crippen LogP contribution < -0.4 is 5.30 Å². The Kier molecular flexibility index (Phi) is 5.61. The van der Waals surface area contributed by atoms with Crippen molar-refractivity contribution in [3.8, 4) is 0 Å². The molecular formula is C25H24NO3P. The first kappa shape index (κ1) is 20.2. The van der Waals surface area contributed by atoms with Gasteiger partial charge in [0, 0.05) is 28.5 Å². The SMILES string of the molecule is COC(=O)c1[nH]c2ccc(P(=O)(Cc3ccccc3)Cc3ccccc3)cc2c1C. The van der Waals surface area contributed by atoms with Crippen LogP contribution in [0.2, 0.25) is 0 Å². The quantitative estimate of drug-likeness (QED) is 0.326. The number of hydrogen-bond donors (Lipinski definition) is 1. The zero-order chi connectivity index (χ0) is 21.1. The number of carbonyl (C=O) groups excluding carboxylic acids is 1. The van der Waals surface area contributed by atoms with Crippen molar-refractivity contribution >= 4 is 29.3 Å². The van der Waals surface area contributed by atoms with Gasteiger partial charge in [-0.1, -0.05) is 60.7 Å². The summed E-state index contributed by atoms with van der Waals surface area (Å²) in [6.07, 6.45) is 0.975. The minimum Gasteiger partial charge on any atom is -0.464 e. The summed E-state index contributed by atoms with van der Waals surface area (Å²) in [6.45, 7) is 1.88. The normalized spacial score (nSPS) is 11.5. The van der Waals surface area contributed by atoms with E-state index < -0.39 is 13.1 Å². The molecule has 152 valence electrons. The van der Waals surface area contributed by atoms with Gasteiger partial charge < -0.3 is 14.3 Å². The predicted octanol–water partition coefficient (Wildman–Crippen LogP) is 5.65. The molecule has 0 spiro atoms. The van der Waals surface area contributed by atoms with Crippen LogP contribution in [-0.2, 0) is 21.6 Å². The number of aromatic amines is 1. The highest BCUT2D eigenvalue weighted by Gasteiger charge is 2.27. The summed E-state index contributed by atoms with van der Waals surface area (Å²) in [6, 6.07) is 25.7. The summed E-state index contributed by atoms with van der Waals surface area (Å²) in [5.41, 5.74) is 4.19. The first-order valence-electron chi connectivity index (χ1n) is 9.87. The number of benzene rings is 3. The highest BCUT2D eigenvalue weighted by molar-refractivity contribution is 7.70. The molecule has 1 aromatic heterocycles. The minimum atomic E-state index is -2.79. The lowest BCUT2D eigenvalue weighted by Gasteiger charge is -2.20. The molecule has 0 aliphatic rings. The summed E-state index contributed by atoms with van der Waals surface area (Å²) in [5.74, 6) is -0.401. The summed E-state index contributed by atoms with van der Waals surface area (Å²) in [4.78, 5) is 15.2. The van der Waals surface area contributed by atoms with Gasteiger partial charge >= 0.3 is 5.97 Å². The molecule has 30 heavy (non-hydrogen) atoms. The lowest BCUT2D eigenvalue weighted by Crippen LogP contribution is -2.09. The van der Waals surface area contributed by atoms with E-state index in [0.29, 0.717) is 18.0 Å². The van der Waals surface area contributed by atoms with Crippen LogP contribution >= 0.6 is 7.14 Å². The minimum absolute atomic E-state index is 0.401. The molecule has 0 amide bonds. The fourth-order valence-electron chi connectivity index (χ4n) is 3.87. The number of fused-ring (bicyclic) bond motifs is 1. The van der Waals surface area contributed by atoms with Gasteiger partial charge in [-0.05, 0) is 41.8 Å². The molecule has 0 atom stereocenters. The highest BCUT2D eigenvalue weighted by Crippen LogP contribution is 2.51. The number of carbonyl (C=O) groups is 1. The van der Waals surface area contributed by atoms with Crippen LogP contribution in [0.15, 0.2) is 78.9 Å². The molecule has 0 fully saturated rings. The first-order valence-corrected chi connectivity index (χ1v) is 11.9. The van der Waals surface area contributed by atoms with Gasteiger partial charge in [0.2, 0.25) is 0 Å². The molecule has 5 heteroatoms. The zero-order valence-electron chi connectivity index (χ0n) is 17.1. The van der Waals surface area contributed by atoms with Crippen molar-refractivity contribution in [2.24, 2.45) is 0 Å². The largest absolute Gasteiger partial charge is 0.464 e. The van der Waals surface area contributed by atoms with E-state index in [-0.39, 0.29) is 0 Å². The number of esters is 1. The van der Waals surface area contributed by atoms with Gasteiger partial charge in [0.05, 0.1) is 7.11 Å². The van der Waals surface area contributed by atoms with Gasteiger partial charge in [-0.25, -0.2) is 4.79 Å². The fraction of sp³-hybridized carbons (Fsp3) is 0.160. The Morgan fingerprint density at radius 3 is 2.00 bits per heavy atom. The molecule has 1 N–H and O–H groups in total. The molecule has 0 aliphatic carbocycles. The Morgan fingerprint density at radius 1 is 0.900 bits per heavy atom. The summed E-state index contributed by atoms with van der Waals surface area (Å²) in [7, 11) is -1.42. The van der Waals surface area contributed by atoms with E-state index in [1.165, 1.54) is 7.11 Å². The van der Waals surface area contributed by atoms with Crippen LogP contribution in [0.3, 0.4) is 0 Å². The monoisotopic (exact) mass is 417 g/mol. The van der Waals surface area contributed by atoms with Crippen molar-refractivity contribution in [1.29, 1.82) is 0 Å². The third-order valence-corrected chi connectivity index (χ3v) is 8.43. The van der Waals surface area contributed by atoms with E-state index in [2.05, 4.69) is 4.98 Å². The van der Waals surface area contributed by atoms with Gasteiger partial charge in [0.15, 0.2) is 0 Å². The smallest absolute Gasteiger partial charge is 0.354 e. The van der Waals surface area contributed by atoms with E-state index in [0.717, 1.165) is 32.9 Å². The second kappa shape index (κ2) is 8.33. The Labute approximate surface area is 176 Å². The Balaban J connectivity index is 1.81. The van der Waals surface area contributed by atoms with Gasteiger partial charge in [-0.15, -0.1) is 0 Å². The van der Waals surface area contributed by atoms with E-state index in [1.807, 2.05) is 85.8 Å². The second-order valence-electron chi connectivity index (χ2n) is 7.52. The third-order valence-electron chi connectivity index (χ3n) is 5.46. The van der Waals surface area contributed by atoms with Crippen molar-refractivity contribution in [2.45, 2.75) is 19.2 Å². The first-order chi connectivity index (χ1) is 14.5. The van der Waals surface area contributed by atoms with Gasteiger partial charge in [-0.3, -0.25) is 0 Å². The molecule has 0 unspecified atom stereocenters. The number of H-pyrrole nitrogens is 1. The number of ether oxygens (including phenoxy) is 1. The number of rotatable bonds is 6. The molecule has 0 aliphatic heterocycles.